The summed E-state index contributed by atoms with van der Waals surface area (Å²) in [6, 6.07) is 6.52. The van der Waals surface area contributed by atoms with E-state index in [-0.39, 0.29) is 11.8 Å². The number of hydrogen-bond donors (Lipinski definition) is 3. The molecule has 3 nitrogen and oxygen atoms in total. The maximum Gasteiger partial charge on any atom is 0.130 e. The minimum absolute atomic E-state index is 0.0770. The first-order valence-electron chi connectivity index (χ1n) is 3.91. The van der Waals surface area contributed by atoms with Gasteiger partial charge < -0.3 is 15.9 Å². The van der Waals surface area contributed by atoms with Gasteiger partial charge in [-0.05, 0) is 24.6 Å². The van der Waals surface area contributed by atoms with Crippen molar-refractivity contribution in [2.45, 2.75) is 19.1 Å². The molecule has 5 N–H and O–H groups in total. The Morgan fingerprint density at radius 1 is 1.42 bits per heavy atom. The number of aliphatic hydroxyl groups excluding tert-OH is 1. The van der Waals surface area contributed by atoms with Gasteiger partial charge in [0.15, 0.2) is 0 Å². The van der Waals surface area contributed by atoms with E-state index in [0.29, 0.717) is 5.56 Å². The zero-order valence-corrected chi connectivity index (χ0v) is 7.07. The van der Waals surface area contributed by atoms with Gasteiger partial charge in [-0.2, -0.15) is 0 Å². The molecule has 2 atom stereocenters. The molecule has 1 rings (SSSR count). The Bertz CT molecular complexity index is 260. The molecule has 0 bridgehead atoms. The molecular formula is C9H14NO2+. The van der Waals surface area contributed by atoms with Crippen LogP contribution in [0.1, 0.15) is 18.6 Å². The lowest BCUT2D eigenvalue weighted by molar-refractivity contribution is -0.433. The molecule has 0 aliphatic rings. The molecular weight excluding hydrogens is 154 g/mol. The van der Waals surface area contributed by atoms with Gasteiger partial charge in [-0.3, -0.25) is 0 Å². The molecule has 0 fully saturated rings. The van der Waals surface area contributed by atoms with Crippen LogP contribution in [0.3, 0.4) is 0 Å². The molecule has 0 heterocycles. The van der Waals surface area contributed by atoms with Gasteiger partial charge in [0.2, 0.25) is 0 Å². The maximum absolute atomic E-state index is 9.55. The van der Waals surface area contributed by atoms with E-state index in [1.54, 1.807) is 24.3 Å². The molecule has 0 radical (unpaired) electrons. The fraction of sp³-hybridized carbons (Fsp3) is 0.333. The van der Waals surface area contributed by atoms with Gasteiger partial charge in [-0.25, -0.2) is 0 Å². The van der Waals surface area contributed by atoms with Crippen LogP contribution in [-0.4, -0.2) is 16.3 Å². The Hall–Kier alpha value is -1.06. The quantitative estimate of drug-likeness (QED) is 0.584. The highest BCUT2D eigenvalue weighted by molar-refractivity contribution is 5.28. The number of phenols is 1. The summed E-state index contributed by atoms with van der Waals surface area (Å²) in [6.45, 7) is 1.83. The first kappa shape index (κ1) is 9.03. The van der Waals surface area contributed by atoms with Crippen LogP contribution in [0.2, 0.25) is 0 Å². The molecule has 1 aromatic rings. The van der Waals surface area contributed by atoms with Crippen molar-refractivity contribution < 1.29 is 15.9 Å². The van der Waals surface area contributed by atoms with Crippen molar-refractivity contribution in [3.05, 3.63) is 29.8 Å². The largest absolute Gasteiger partial charge is 0.508 e. The fourth-order valence-electron chi connectivity index (χ4n) is 1.04. The van der Waals surface area contributed by atoms with Gasteiger partial charge in [-0.1, -0.05) is 12.1 Å². The van der Waals surface area contributed by atoms with Gasteiger partial charge in [0.1, 0.15) is 17.9 Å². The van der Waals surface area contributed by atoms with Gasteiger partial charge in [0, 0.05) is 0 Å². The van der Waals surface area contributed by atoms with Crippen LogP contribution < -0.4 is 5.73 Å². The molecule has 0 aromatic heterocycles. The van der Waals surface area contributed by atoms with Crippen molar-refractivity contribution in [1.82, 2.24) is 0 Å². The summed E-state index contributed by atoms with van der Waals surface area (Å²) >= 11 is 0. The van der Waals surface area contributed by atoms with Crippen LogP contribution in [0.5, 0.6) is 5.75 Å². The molecule has 0 aliphatic heterocycles. The minimum Gasteiger partial charge on any atom is -0.508 e. The number of aromatic hydroxyl groups is 1. The Labute approximate surface area is 71.5 Å². The summed E-state index contributed by atoms with van der Waals surface area (Å²) in [7, 11) is 0. The molecule has 66 valence electrons. The number of hydrogen-bond acceptors (Lipinski definition) is 2. The van der Waals surface area contributed by atoms with Crippen LogP contribution in [0.25, 0.3) is 0 Å². The monoisotopic (exact) mass is 168 g/mol. The highest BCUT2D eigenvalue weighted by Crippen LogP contribution is 2.18. The van der Waals surface area contributed by atoms with Crippen molar-refractivity contribution >= 4 is 0 Å². The summed E-state index contributed by atoms with van der Waals surface area (Å²) in [5, 5.41) is 18.7. The molecule has 0 unspecified atom stereocenters. The lowest BCUT2D eigenvalue weighted by Gasteiger charge is -2.11. The Kier molecular flexibility index (Phi) is 2.68. The first-order valence-corrected chi connectivity index (χ1v) is 3.91. The highest BCUT2D eigenvalue weighted by atomic mass is 16.3. The van der Waals surface area contributed by atoms with Crippen molar-refractivity contribution in [2.75, 3.05) is 0 Å². The second-order valence-electron chi connectivity index (χ2n) is 3.02. The van der Waals surface area contributed by atoms with Crippen molar-refractivity contribution in [3.8, 4) is 5.75 Å². The molecule has 0 aliphatic carbocycles. The van der Waals surface area contributed by atoms with E-state index in [1.165, 1.54) is 0 Å². The van der Waals surface area contributed by atoms with Gasteiger partial charge >= 0.3 is 0 Å². The Morgan fingerprint density at radius 3 is 2.58 bits per heavy atom. The third-order valence-corrected chi connectivity index (χ3v) is 1.75. The predicted octanol–water partition coefficient (Wildman–Crippen LogP) is 0.0560. The number of phenolic OH excluding ortho intramolecular Hbond substituents is 1. The number of quaternary nitrogens is 1. The molecule has 0 spiro atoms. The maximum atomic E-state index is 9.55. The van der Waals surface area contributed by atoms with Crippen molar-refractivity contribution in [1.29, 1.82) is 0 Å². The second kappa shape index (κ2) is 3.56. The van der Waals surface area contributed by atoms with E-state index >= 15 is 0 Å². The van der Waals surface area contributed by atoms with Gasteiger partial charge in [0.25, 0.3) is 0 Å². The third-order valence-electron chi connectivity index (χ3n) is 1.75. The topological polar surface area (TPSA) is 68.1 Å². The lowest BCUT2D eigenvalue weighted by Crippen LogP contribution is -2.61. The Balaban J connectivity index is 2.88. The summed E-state index contributed by atoms with van der Waals surface area (Å²) in [6.07, 6.45) is -0.600. The lowest BCUT2D eigenvalue weighted by atomic mass is 10.0. The molecule has 0 saturated heterocycles. The van der Waals surface area contributed by atoms with E-state index in [4.69, 9.17) is 5.11 Å². The van der Waals surface area contributed by atoms with Gasteiger partial charge in [-0.15, -0.1) is 0 Å². The Morgan fingerprint density at radius 2 is 2.08 bits per heavy atom. The molecule has 0 saturated carbocycles. The summed E-state index contributed by atoms with van der Waals surface area (Å²) in [5.41, 5.74) is 4.42. The minimum atomic E-state index is -0.600. The average molecular weight is 168 g/mol. The molecule has 0 amide bonds. The first-order chi connectivity index (χ1) is 5.61. The van der Waals surface area contributed by atoms with Crippen LogP contribution in [0.15, 0.2) is 24.3 Å². The summed E-state index contributed by atoms with van der Waals surface area (Å²) < 4.78 is 0. The van der Waals surface area contributed by atoms with Crippen LogP contribution in [0, 0.1) is 0 Å². The SMILES string of the molecule is C[C@@H]([NH3+])[C@H](O)c1cccc(O)c1. The number of benzene rings is 1. The van der Waals surface area contributed by atoms with E-state index in [9.17, 15) is 5.11 Å². The zero-order valence-electron chi connectivity index (χ0n) is 7.07. The predicted molar refractivity (Wildman–Crippen MR) is 45.4 cm³/mol. The van der Waals surface area contributed by atoms with Crippen molar-refractivity contribution in [3.63, 3.8) is 0 Å². The van der Waals surface area contributed by atoms with E-state index in [0.717, 1.165) is 0 Å². The zero-order chi connectivity index (χ0) is 9.14. The van der Waals surface area contributed by atoms with Crippen LogP contribution >= 0.6 is 0 Å². The van der Waals surface area contributed by atoms with Crippen LogP contribution in [-0.2, 0) is 0 Å². The second-order valence-corrected chi connectivity index (χ2v) is 3.02. The molecule has 12 heavy (non-hydrogen) atoms. The fourth-order valence-corrected chi connectivity index (χ4v) is 1.04. The smallest absolute Gasteiger partial charge is 0.130 e. The normalized spacial score (nSPS) is 15.6. The highest BCUT2D eigenvalue weighted by Gasteiger charge is 2.14. The van der Waals surface area contributed by atoms with E-state index < -0.39 is 6.10 Å². The number of rotatable bonds is 2. The third kappa shape index (κ3) is 1.96. The average Bonchev–Trinajstić information content (AvgIpc) is 2.03. The standard InChI is InChI=1S/C9H13NO2/c1-6(10)9(12)7-3-2-4-8(11)5-7/h2-6,9,11-12H,10H2,1H3/p+1/t6-,9+/m1/s1. The van der Waals surface area contributed by atoms with E-state index in [1.807, 2.05) is 6.92 Å². The van der Waals surface area contributed by atoms with E-state index in [2.05, 4.69) is 5.73 Å². The summed E-state index contributed by atoms with van der Waals surface area (Å²) in [4.78, 5) is 0. The van der Waals surface area contributed by atoms with Crippen LogP contribution in [0.4, 0.5) is 0 Å². The van der Waals surface area contributed by atoms with Gasteiger partial charge in [0.05, 0.1) is 0 Å². The molecule has 1 aromatic carbocycles. The van der Waals surface area contributed by atoms with Crippen molar-refractivity contribution in [2.24, 2.45) is 0 Å². The number of aliphatic hydroxyl groups is 1. The molecule has 3 heteroatoms. The summed E-state index contributed by atoms with van der Waals surface area (Å²) in [5.74, 6) is 0.173.